The molecule has 0 fully saturated rings. The first-order valence-electron chi connectivity index (χ1n) is 11.1. The highest BCUT2D eigenvalue weighted by molar-refractivity contribution is 5.97. The Balaban J connectivity index is 1.63. The molecule has 190 valence electrons. The Kier molecular flexibility index (Phi) is 4.91. The number of benzene rings is 4. The van der Waals surface area contributed by atoms with Gasteiger partial charge in [0.1, 0.15) is 5.69 Å². The number of phenols is 9. The Bertz CT molecular complexity index is 1570. The van der Waals surface area contributed by atoms with Gasteiger partial charge >= 0.3 is 0 Å². The summed E-state index contributed by atoms with van der Waals surface area (Å²) in [4.78, 5) is 0. The number of rotatable bonds is 3. The fourth-order valence-electron chi connectivity index (χ4n) is 4.90. The van der Waals surface area contributed by atoms with Gasteiger partial charge in [-0.2, -0.15) is 0 Å². The standard InChI is InChI=1S/C27H23NO9/c1-27(2)13-6-4-3-5-11(13)12-8-7-10(9-14(12)27)28-17-22(33)18(29)15(19(30)23(17)34)16-20(31)24(35)26(37)25(36)21(16)32/h3-9,28-37H,1-2H3. The van der Waals surface area contributed by atoms with Gasteiger partial charge in [0.05, 0.1) is 11.1 Å². The lowest BCUT2D eigenvalue weighted by Crippen LogP contribution is -2.15. The van der Waals surface area contributed by atoms with Gasteiger partial charge in [0.15, 0.2) is 34.5 Å². The molecule has 10 nitrogen and oxygen atoms in total. The lowest BCUT2D eigenvalue weighted by molar-refractivity contribution is 0.329. The predicted octanol–water partition coefficient (Wildman–Crippen LogP) is 4.75. The third kappa shape index (κ3) is 3.12. The second kappa shape index (κ2) is 7.69. The zero-order valence-electron chi connectivity index (χ0n) is 19.6. The minimum Gasteiger partial charge on any atom is -0.504 e. The van der Waals surface area contributed by atoms with E-state index in [1.54, 1.807) is 6.07 Å². The van der Waals surface area contributed by atoms with Crippen LogP contribution < -0.4 is 5.32 Å². The summed E-state index contributed by atoms with van der Waals surface area (Å²) in [5.74, 6) is -10.4. The van der Waals surface area contributed by atoms with Crippen LogP contribution in [0.1, 0.15) is 25.0 Å². The average Bonchev–Trinajstić information content (AvgIpc) is 3.11. The molecule has 0 radical (unpaired) electrons. The van der Waals surface area contributed by atoms with Crippen LogP contribution in [0.5, 0.6) is 51.7 Å². The quantitative estimate of drug-likeness (QED) is 0.137. The van der Waals surface area contributed by atoms with Gasteiger partial charge in [0.25, 0.3) is 0 Å². The first kappa shape index (κ1) is 23.6. The summed E-state index contributed by atoms with van der Waals surface area (Å²) < 4.78 is 0. The molecule has 0 heterocycles. The van der Waals surface area contributed by atoms with Crippen LogP contribution in [0.2, 0.25) is 0 Å². The number of aromatic hydroxyl groups is 9. The monoisotopic (exact) mass is 505 g/mol. The number of anilines is 2. The number of phenolic OH excluding ortho intramolecular Hbond substituents is 9. The normalized spacial score (nSPS) is 13.2. The van der Waals surface area contributed by atoms with Crippen LogP contribution in [0.3, 0.4) is 0 Å². The van der Waals surface area contributed by atoms with Gasteiger partial charge in [0.2, 0.25) is 17.2 Å². The molecule has 4 aromatic carbocycles. The van der Waals surface area contributed by atoms with Crippen LogP contribution in [-0.4, -0.2) is 46.0 Å². The molecular weight excluding hydrogens is 482 g/mol. The van der Waals surface area contributed by atoms with Crippen molar-refractivity contribution < 1.29 is 46.0 Å². The molecule has 0 unspecified atom stereocenters. The van der Waals surface area contributed by atoms with Crippen molar-refractivity contribution in [1.82, 2.24) is 0 Å². The molecule has 10 heteroatoms. The van der Waals surface area contributed by atoms with E-state index < -0.39 is 68.6 Å². The third-order valence-corrected chi connectivity index (χ3v) is 6.87. The highest BCUT2D eigenvalue weighted by Gasteiger charge is 2.36. The van der Waals surface area contributed by atoms with E-state index in [4.69, 9.17) is 0 Å². The molecule has 37 heavy (non-hydrogen) atoms. The van der Waals surface area contributed by atoms with Crippen molar-refractivity contribution in [3.05, 3.63) is 53.6 Å². The van der Waals surface area contributed by atoms with Crippen molar-refractivity contribution >= 4 is 11.4 Å². The third-order valence-electron chi connectivity index (χ3n) is 6.87. The van der Waals surface area contributed by atoms with E-state index in [1.165, 1.54) is 0 Å². The summed E-state index contributed by atoms with van der Waals surface area (Å²) in [7, 11) is 0. The van der Waals surface area contributed by atoms with Crippen molar-refractivity contribution in [3.63, 3.8) is 0 Å². The van der Waals surface area contributed by atoms with Gasteiger partial charge in [0, 0.05) is 11.1 Å². The molecule has 0 saturated carbocycles. The highest BCUT2D eigenvalue weighted by atomic mass is 16.4. The van der Waals surface area contributed by atoms with Crippen molar-refractivity contribution in [2.75, 3.05) is 5.32 Å². The van der Waals surface area contributed by atoms with Gasteiger partial charge in [-0.3, -0.25) is 0 Å². The van der Waals surface area contributed by atoms with E-state index in [2.05, 4.69) is 19.2 Å². The maximum atomic E-state index is 10.7. The van der Waals surface area contributed by atoms with Crippen LogP contribution in [0.25, 0.3) is 22.3 Å². The Morgan fingerprint density at radius 1 is 0.514 bits per heavy atom. The molecule has 1 aliphatic rings. The van der Waals surface area contributed by atoms with E-state index in [9.17, 15) is 46.0 Å². The van der Waals surface area contributed by atoms with Crippen LogP contribution in [0.15, 0.2) is 42.5 Å². The summed E-state index contributed by atoms with van der Waals surface area (Å²) in [6.07, 6.45) is 0. The molecule has 0 aromatic heterocycles. The van der Waals surface area contributed by atoms with Crippen molar-refractivity contribution in [1.29, 1.82) is 0 Å². The van der Waals surface area contributed by atoms with Crippen molar-refractivity contribution in [2.45, 2.75) is 19.3 Å². The molecule has 1 aliphatic carbocycles. The Morgan fingerprint density at radius 3 is 1.54 bits per heavy atom. The number of nitrogens with one attached hydrogen (secondary N) is 1. The highest BCUT2D eigenvalue weighted by Crippen LogP contribution is 2.62. The van der Waals surface area contributed by atoms with Gasteiger partial charge in [-0.15, -0.1) is 0 Å². The molecule has 0 amide bonds. The fourth-order valence-corrected chi connectivity index (χ4v) is 4.90. The average molecular weight is 505 g/mol. The van der Waals surface area contributed by atoms with E-state index in [-0.39, 0.29) is 5.41 Å². The zero-order chi connectivity index (χ0) is 27.0. The van der Waals surface area contributed by atoms with Crippen LogP contribution in [0.4, 0.5) is 11.4 Å². The molecule has 0 aliphatic heterocycles. The number of hydrogen-bond acceptors (Lipinski definition) is 10. The second-order valence-electron chi connectivity index (χ2n) is 9.32. The Hall–Kier alpha value is -5.12. The van der Waals surface area contributed by atoms with Gasteiger partial charge in [-0.1, -0.05) is 44.2 Å². The summed E-state index contributed by atoms with van der Waals surface area (Å²) in [5.41, 5.74) is 1.90. The molecule has 4 aromatic rings. The first-order valence-corrected chi connectivity index (χ1v) is 11.1. The van der Waals surface area contributed by atoms with Crippen LogP contribution >= 0.6 is 0 Å². The topological polar surface area (TPSA) is 194 Å². The van der Waals surface area contributed by atoms with Crippen LogP contribution in [0, 0.1) is 0 Å². The lowest BCUT2D eigenvalue weighted by Gasteiger charge is -2.22. The summed E-state index contributed by atoms with van der Waals surface area (Å²) in [6, 6.07) is 13.3. The Morgan fingerprint density at radius 2 is 0.973 bits per heavy atom. The van der Waals surface area contributed by atoms with Gasteiger partial charge < -0.3 is 51.3 Å². The summed E-state index contributed by atoms with van der Waals surface area (Å²) in [5, 5.41) is 95.2. The Labute approximate surface area is 209 Å². The maximum absolute atomic E-state index is 10.7. The van der Waals surface area contributed by atoms with Gasteiger partial charge in [-0.25, -0.2) is 0 Å². The maximum Gasteiger partial charge on any atom is 0.208 e. The largest absolute Gasteiger partial charge is 0.504 e. The predicted molar refractivity (Wildman–Crippen MR) is 134 cm³/mol. The molecule has 0 spiro atoms. The molecule has 5 rings (SSSR count). The molecule has 0 atom stereocenters. The minimum absolute atomic E-state index is 0.347. The van der Waals surface area contributed by atoms with E-state index in [0.717, 1.165) is 22.3 Å². The zero-order valence-corrected chi connectivity index (χ0v) is 19.6. The van der Waals surface area contributed by atoms with Crippen LogP contribution in [-0.2, 0) is 5.41 Å². The first-order chi connectivity index (χ1) is 17.4. The van der Waals surface area contributed by atoms with E-state index >= 15 is 0 Å². The number of hydrogen-bond donors (Lipinski definition) is 10. The number of fused-ring (bicyclic) bond motifs is 3. The smallest absolute Gasteiger partial charge is 0.208 e. The minimum atomic E-state index is -1.27. The van der Waals surface area contributed by atoms with Crippen molar-refractivity contribution in [3.8, 4) is 74.0 Å². The van der Waals surface area contributed by atoms with E-state index in [1.807, 2.05) is 36.4 Å². The molecule has 0 bridgehead atoms. The van der Waals surface area contributed by atoms with E-state index in [0.29, 0.717) is 5.69 Å². The van der Waals surface area contributed by atoms with Gasteiger partial charge in [-0.05, 0) is 34.4 Å². The fraction of sp³-hybridized carbons (Fsp3) is 0.111. The molecule has 10 N–H and O–H groups in total. The lowest BCUT2D eigenvalue weighted by atomic mass is 9.82. The molecule has 0 saturated heterocycles. The summed E-state index contributed by atoms with van der Waals surface area (Å²) >= 11 is 0. The summed E-state index contributed by atoms with van der Waals surface area (Å²) in [6.45, 7) is 4.12. The van der Waals surface area contributed by atoms with Crippen molar-refractivity contribution in [2.24, 2.45) is 0 Å². The second-order valence-corrected chi connectivity index (χ2v) is 9.32. The SMILES string of the molecule is CC1(C)c2ccccc2-c2ccc(Nc3c(O)c(O)c(-c4c(O)c(O)c(O)c(O)c4O)c(O)c3O)cc21. The molecular formula is C27H23NO9.